The lowest BCUT2D eigenvalue weighted by molar-refractivity contribution is 0.256. The molecule has 1 aromatic rings. The number of anilines is 1. The second kappa shape index (κ2) is 5.83. The van der Waals surface area contributed by atoms with Crippen molar-refractivity contribution in [2.45, 2.75) is 11.8 Å². The highest BCUT2D eigenvalue weighted by Gasteiger charge is 2.27. The molecule has 0 saturated carbocycles. The van der Waals surface area contributed by atoms with Crippen LogP contribution in [0.3, 0.4) is 0 Å². The molecule has 0 radical (unpaired) electrons. The van der Waals surface area contributed by atoms with E-state index >= 15 is 0 Å². The number of halogens is 2. The van der Waals surface area contributed by atoms with Crippen LogP contribution in [-0.4, -0.2) is 37.5 Å². The first-order valence-corrected chi connectivity index (χ1v) is 7.02. The van der Waals surface area contributed by atoms with E-state index in [-0.39, 0.29) is 30.4 Å². The van der Waals surface area contributed by atoms with E-state index in [4.69, 9.17) is 22.4 Å². The molecule has 0 aliphatic rings. The zero-order valence-corrected chi connectivity index (χ0v) is 11.3. The predicted molar refractivity (Wildman–Crippen MR) is 67.3 cm³/mol. The molecule has 0 aliphatic carbocycles. The van der Waals surface area contributed by atoms with Crippen molar-refractivity contribution in [3.05, 3.63) is 23.0 Å². The number of hydrogen-bond donors (Lipinski definition) is 2. The molecule has 8 heteroatoms. The molecule has 0 aromatic heterocycles. The molecule has 0 aliphatic heterocycles. The average molecular weight is 297 g/mol. The summed E-state index contributed by atoms with van der Waals surface area (Å²) in [5, 5.41) is 8.84. The Labute approximate surface area is 110 Å². The molecule has 0 fully saturated rings. The normalized spacial score (nSPS) is 12.1. The number of sulfonamides is 1. The Morgan fingerprint density at radius 3 is 2.61 bits per heavy atom. The fourth-order valence-electron chi connectivity index (χ4n) is 1.47. The minimum atomic E-state index is -4.06. The van der Waals surface area contributed by atoms with Gasteiger partial charge in [0.15, 0.2) is 5.82 Å². The van der Waals surface area contributed by atoms with Crippen LogP contribution in [0.2, 0.25) is 5.02 Å². The van der Waals surface area contributed by atoms with E-state index in [0.29, 0.717) is 0 Å². The first kappa shape index (κ1) is 15.2. The first-order valence-electron chi connectivity index (χ1n) is 5.20. The van der Waals surface area contributed by atoms with Gasteiger partial charge in [0.25, 0.3) is 0 Å². The van der Waals surface area contributed by atoms with E-state index in [0.717, 1.165) is 16.4 Å². The maximum Gasteiger partial charge on any atom is 0.246 e. The van der Waals surface area contributed by atoms with Crippen LogP contribution in [0.4, 0.5) is 10.1 Å². The third-order valence-corrected chi connectivity index (χ3v) is 4.54. The Bertz CT molecular complexity index is 536. The SMILES string of the molecule is CCN(CCO)S(=O)(=O)c1cc(Cl)cc(N)c1F. The smallest absolute Gasteiger partial charge is 0.246 e. The van der Waals surface area contributed by atoms with Crippen molar-refractivity contribution in [2.75, 3.05) is 25.4 Å². The molecule has 0 bridgehead atoms. The van der Waals surface area contributed by atoms with Gasteiger partial charge in [0.1, 0.15) is 4.90 Å². The van der Waals surface area contributed by atoms with Crippen molar-refractivity contribution in [3.8, 4) is 0 Å². The Hall–Kier alpha value is -0.890. The summed E-state index contributed by atoms with van der Waals surface area (Å²) in [5.74, 6) is -1.03. The lowest BCUT2D eigenvalue weighted by Crippen LogP contribution is -2.34. The summed E-state index contributed by atoms with van der Waals surface area (Å²) >= 11 is 5.67. The standard InChI is InChI=1S/C10H14ClFN2O3S/c1-2-14(3-4-15)18(16,17)9-6-7(11)5-8(13)10(9)12/h5-6,15H,2-4,13H2,1H3. The number of nitrogens with zero attached hydrogens (tertiary/aromatic N) is 1. The van der Waals surface area contributed by atoms with Gasteiger partial charge < -0.3 is 10.8 Å². The number of hydrogen-bond acceptors (Lipinski definition) is 4. The number of likely N-dealkylation sites (N-methyl/N-ethyl adjacent to an activating group) is 1. The molecule has 18 heavy (non-hydrogen) atoms. The summed E-state index contributed by atoms with van der Waals surface area (Å²) in [6.45, 7) is 1.21. The highest BCUT2D eigenvalue weighted by Crippen LogP contribution is 2.27. The maximum atomic E-state index is 13.8. The van der Waals surface area contributed by atoms with Crippen LogP contribution >= 0.6 is 11.6 Å². The molecule has 0 heterocycles. The monoisotopic (exact) mass is 296 g/mol. The van der Waals surface area contributed by atoms with Crippen LogP contribution in [0.25, 0.3) is 0 Å². The first-order chi connectivity index (χ1) is 8.34. The van der Waals surface area contributed by atoms with Gasteiger partial charge >= 0.3 is 0 Å². The van der Waals surface area contributed by atoms with Crippen molar-refractivity contribution in [1.82, 2.24) is 4.31 Å². The van der Waals surface area contributed by atoms with Crippen LogP contribution in [0, 0.1) is 5.82 Å². The average Bonchev–Trinajstić information content (AvgIpc) is 2.30. The predicted octanol–water partition coefficient (Wildman–Crippen LogP) is 1.06. The lowest BCUT2D eigenvalue weighted by Gasteiger charge is -2.20. The Morgan fingerprint density at radius 1 is 1.50 bits per heavy atom. The molecule has 0 atom stereocenters. The van der Waals surface area contributed by atoms with Crippen molar-refractivity contribution in [1.29, 1.82) is 0 Å². The molecule has 102 valence electrons. The summed E-state index contributed by atoms with van der Waals surface area (Å²) in [7, 11) is -4.06. The molecule has 1 rings (SSSR count). The van der Waals surface area contributed by atoms with Crippen LogP contribution in [-0.2, 0) is 10.0 Å². The topological polar surface area (TPSA) is 83.6 Å². The largest absolute Gasteiger partial charge is 0.396 e. The Balaban J connectivity index is 3.36. The lowest BCUT2D eigenvalue weighted by atomic mass is 10.3. The van der Waals surface area contributed by atoms with Gasteiger partial charge in [-0.3, -0.25) is 0 Å². The van der Waals surface area contributed by atoms with Crippen LogP contribution in [0.5, 0.6) is 0 Å². The zero-order chi connectivity index (χ0) is 13.9. The minimum absolute atomic E-state index is 0.0347. The quantitative estimate of drug-likeness (QED) is 0.796. The van der Waals surface area contributed by atoms with Crippen molar-refractivity contribution in [3.63, 3.8) is 0 Å². The van der Waals surface area contributed by atoms with E-state index in [1.165, 1.54) is 0 Å². The molecular weight excluding hydrogens is 283 g/mol. The fraction of sp³-hybridized carbons (Fsp3) is 0.400. The summed E-state index contributed by atoms with van der Waals surface area (Å²) in [5.41, 5.74) is 5.01. The third-order valence-electron chi connectivity index (χ3n) is 2.35. The molecule has 0 spiro atoms. The second-order valence-electron chi connectivity index (χ2n) is 3.53. The van der Waals surface area contributed by atoms with Crippen molar-refractivity contribution >= 4 is 27.3 Å². The van der Waals surface area contributed by atoms with Crippen LogP contribution in [0.1, 0.15) is 6.92 Å². The summed E-state index contributed by atoms with van der Waals surface area (Å²) in [6, 6.07) is 2.14. The van der Waals surface area contributed by atoms with Gasteiger partial charge in [0.05, 0.1) is 12.3 Å². The van der Waals surface area contributed by atoms with Gasteiger partial charge in [-0.1, -0.05) is 18.5 Å². The Kier molecular flexibility index (Phi) is 4.92. The van der Waals surface area contributed by atoms with Gasteiger partial charge in [-0.05, 0) is 12.1 Å². The number of aliphatic hydroxyl groups is 1. The maximum absolute atomic E-state index is 13.8. The molecule has 0 amide bonds. The van der Waals surface area contributed by atoms with Gasteiger partial charge in [-0.15, -0.1) is 0 Å². The van der Waals surface area contributed by atoms with Gasteiger partial charge in [0.2, 0.25) is 10.0 Å². The number of benzene rings is 1. The van der Waals surface area contributed by atoms with E-state index in [2.05, 4.69) is 0 Å². The van der Waals surface area contributed by atoms with Crippen molar-refractivity contribution in [2.24, 2.45) is 0 Å². The van der Waals surface area contributed by atoms with Crippen molar-refractivity contribution < 1.29 is 17.9 Å². The highest BCUT2D eigenvalue weighted by atomic mass is 35.5. The summed E-state index contributed by atoms with van der Waals surface area (Å²) in [4.78, 5) is -0.581. The number of nitrogens with two attached hydrogens (primary N) is 1. The minimum Gasteiger partial charge on any atom is -0.396 e. The van der Waals surface area contributed by atoms with Gasteiger partial charge in [-0.25, -0.2) is 12.8 Å². The fourth-order valence-corrected chi connectivity index (χ4v) is 3.32. The van der Waals surface area contributed by atoms with E-state index in [9.17, 15) is 12.8 Å². The van der Waals surface area contributed by atoms with Gasteiger partial charge in [0, 0.05) is 18.1 Å². The van der Waals surface area contributed by atoms with Crippen LogP contribution in [0.15, 0.2) is 17.0 Å². The Morgan fingerprint density at radius 2 is 2.11 bits per heavy atom. The van der Waals surface area contributed by atoms with E-state index in [1.807, 2.05) is 0 Å². The molecule has 0 saturated heterocycles. The number of nitrogen functional groups attached to an aromatic ring is 1. The molecule has 0 unspecified atom stereocenters. The van der Waals surface area contributed by atoms with Crippen LogP contribution < -0.4 is 5.73 Å². The molecule has 5 nitrogen and oxygen atoms in total. The molecule has 1 aromatic carbocycles. The van der Waals surface area contributed by atoms with E-state index in [1.54, 1.807) is 6.92 Å². The third kappa shape index (κ3) is 2.92. The second-order valence-corrected chi connectivity index (χ2v) is 5.87. The highest BCUT2D eigenvalue weighted by molar-refractivity contribution is 7.89. The molecular formula is C10H14ClFN2O3S. The van der Waals surface area contributed by atoms with E-state index < -0.39 is 20.7 Å². The summed E-state index contributed by atoms with van der Waals surface area (Å²) in [6.07, 6.45) is 0. The molecule has 3 N–H and O–H groups in total. The van der Waals surface area contributed by atoms with Gasteiger partial charge in [-0.2, -0.15) is 4.31 Å². The number of rotatable bonds is 5. The number of aliphatic hydroxyl groups excluding tert-OH is 1. The summed E-state index contributed by atoms with van der Waals surface area (Å²) < 4.78 is 39.0. The zero-order valence-electron chi connectivity index (χ0n) is 9.73.